The summed E-state index contributed by atoms with van der Waals surface area (Å²) in [6.45, 7) is 0.174. The van der Waals surface area contributed by atoms with E-state index < -0.39 is 0 Å². The minimum absolute atomic E-state index is 0.0410. The van der Waals surface area contributed by atoms with E-state index in [4.69, 9.17) is 5.73 Å². The predicted molar refractivity (Wildman–Crippen MR) is 63.3 cm³/mol. The molecular formula is C11H17N5O2. The van der Waals surface area contributed by atoms with Crippen molar-refractivity contribution in [3.05, 3.63) is 6.33 Å². The molecule has 98 valence electrons. The van der Waals surface area contributed by atoms with Crippen LogP contribution in [0, 0.1) is 0 Å². The van der Waals surface area contributed by atoms with E-state index in [0.29, 0.717) is 12.8 Å². The van der Waals surface area contributed by atoms with Crippen molar-refractivity contribution in [3.8, 4) is 0 Å². The van der Waals surface area contributed by atoms with E-state index in [2.05, 4.69) is 10.1 Å². The van der Waals surface area contributed by atoms with E-state index >= 15 is 0 Å². The average molecular weight is 251 g/mol. The van der Waals surface area contributed by atoms with Crippen LogP contribution in [-0.2, 0) is 11.3 Å². The zero-order valence-corrected chi connectivity index (χ0v) is 10.1. The van der Waals surface area contributed by atoms with Crippen molar-refractivity contribution in [1.29, 1.82) is 0 Å². The second kappa shape index (κ2) is 4.24. The minimum atomic E-state index is -0.256. The Morgan fingerprint density at radius 1 is 1.44 bits per heavy atom. The summed E-state index contributed by atoms with van der Waals surface area (Å²) in [4.78, 5) is 18.0. The van der Waals surface area contributed by atoms with Crippen molar-refractivity contribution in [2.45, 2.75) is 50.4 Å². The Balaban J connectivity index is 1.70. The smallest absolute Gasteiger partial charge is 0.244 e. The molecule has 0 aliphatic carbocycles. The van der Waals surface area contributed by atoms with E-state index in [1.54, 1.807) is 0 Å². The first kappa shape index (κ1) is 11.5. The number of nitrogen functional groups attached to an aromatic ring is 1. The van der Waals surface area contributed by atoms with Gasteiger partial charge in [-0.15, -0.1) is 5.10 Å². The standard InChI is InChI=1S/C11H17N5O2/c12-11-13-6-15(14-11)5-10(18)16-7-1-2-8(16)4-9(17)3-7/h6-9,17H,1-5H2,(H2,12,14). The quantitative estimate of drug-likeness (QED) is 0.729. The molecule has 3 N–H and O–H groups in total. The molecule has 1 amide bonds. The van der Waals surface area contributed by atoms with Gasteiger partial charge in [0.25, 0.3) is 0 Å². The first-order chi connectivity index (χ1) is 8.63. The topological polar surface area (TPSA) is 97.3 Å². The number of aliphatic hydroxyl groups excluding tert-OH is 1. The number of aromatic nitrogens is 3. The third-order valence-corrected chi connectivity index (χ3v) is 3.85. The van der Waals surface area contributed by atoms with Crippen LogP contribution >= 0.6 is 0 Å². The minimum Gasteiger partial charge on any atom is -0.393 e. The molecule has 0 aromatic carbocycles. The summed E-state index contributed by atoms with van der Waals surface area (Å²) in [6.07, 6.45) is 4.59. The number of piperidine rings is 1. The highest BCUT2D eigenvalue weighted by Gasteiger charge is 2.42. The number of hydrogen-bond acceptors (Lipinski definition) is 5. The van der Waals surface area contributed by atoms with Gasteiger partial charge in [0.15, 0.2) is 0 Å². The molecule has 2 bridgehead atoms. The fourth-order valence-electron chi connectivity index (χ4n) is 3.16. The number of hydrogen-bond donors (Lipinski definition) is 2. The van der Waals surface area contributed by atoms with Crippen LogP contribution < -0.4 is 5.73 Å². The maximum atomic E-state index is 12.3. The molecule has 0 spiro atoms. The lowest BCUT2D eigenvalue weighted by Crippen LogP contribution is -2.49. The lowest BCUT2D eigenvalue weighted by molar-refractivity contribution is -0.138. The highest BCUT2D eigenvalue weighted by molar-refractivity contribution is 5.77. The summed E-state index contributed by atoms with van der Waals surface area (Å²) in [5.41, 5.74) is 5.42. The average Bonchev–Trinajstić information content (AvgIpc) is 2.81. The number of fused-ring (bicyclic) bond motifs is 2. The predicted octanol–water partition coefficient (Wildman–Crippen LogP) is -0.625. The van der Waals surface area contributed by atoms with Crippen LogP contribution in [0.2, 0.25) is 0 Å². The van der Waals surface area contributed by atoms with Gasteiger partial charge >= 0.3 is 0 Å². The number of carbonyl (C=O) groups is 1. The van der Waals surface area contributed by atoms with Crippen molar-refractivity contribution in [3.63, 3.8) is 0 Å². The van der Waals surface area contributed by atoms with E-state index in [1.807, 2.05) is 4.90 Å². The third kappa shape index (κ3) is 1.94. The van der Waals surface area contributed by atoms with Gasteiger partial charge in [0.05, 0.1) is 6.10 Å². The van der Waals surface area contributed by atoms with Crippen LogP contribution in [0.1, 0.15) is 25.7 Å². The molecule has 2 aliphatic heterocycles. The number of carbonyl (C=O) groups excluding carboxylic acids is 1. The van der Waals surface area contributed by atoms with Crippen molar-refractivity contribution >= 4 is 11.9 Å². The summed E-state index contributed by atoms with van der Waals surface area (Å²) >= 11 is 0. The second-order valence-corrected chi connectivity index (χ2v) is 5.11. The first-order valence-corrected chi connectivity index (χ1v) is 6.27. The summed E-state index contributed by atoms with van der Waals surface area (Å²) in [7, 11) is 0. The molecule has 0 saturated carbocycles. The van der Waals surface area contributed by atoms with Crippen LogP contribution in [0.15, 0.2) is 6.33 Å². The second-order valence-electron chi connectivity index (χ2n) is 5.11. The van der Waals surface area contributed by atoms with Gasteiger partial charge in [-0.2, -0.15) is 0 Å². The van der Waals surface area contributed by atoms with E-state index in [1.165, 1.54) is 11.0 Å². The van der Waals surface area contributed by atoms with Gasteiger partial charge in [-0.25, -0.2) is 9.67 Å². The maximum absolute atomic E-state index is 12.3. The van der Waals surface area contributed by atoms with Gasteiger partial charge in [0, 0.05) is 12.1 Å². The first-order valence-electron chi connectivity index (χ1n) is 6.27. The third-order valence-electron chi connectivity index (χ3n) is 3.85. The molecule has 3 heterocycles. The number of amides is 1. The van der Waals surface area contributed by atoms with Crippen LogP contribution in [0.4, 0.5) is 5.95 Å². The van der Waals surface area contributed by atoms with Crippen molar-refractivity contribution in [2.75, 3.05) is 5.73 Å². The Labute approximate surface area is 105 Å². The highest BCUT2D eigenvalue weighted by atomic mass is 16.3. The van der Waals surface area contributed by atoms with Gasteiger partial charge in [0.1, 0.15) is 12.9 Å². The molecule has 2 saturated heterocycles. The summed E-state index contributed by atoms with van der Waals surface area (Å²) in [5.74, 6) is 0.221. The van der Waals surface area contributed by atoms with Crippen LogP contribution in [0.25, 0.3) is 0 Å². The summed E-state index contributed by atoms with van der Waals surface area (Å²) in [6, 6.07) is 0.374. The molecule has 0 radical (unpaired) electrons. The van der Waals surface area contributed by atoms with Crippen LogP contribution in [-0.4, -0.2) is 48.9 Å². The molecule has 1 aromatic heterocycles. The molecule has 1 aromatic rings. The summed E-state index contributed by atoms with van der Waals surface area (Å²) < 4.78 is 1.46. The Morgan fingerprint density at radius 2 is 2.11 bits per heavy atom. The molecule has 7 nitrogen and oxygen atoms in total. The van der Waals surface area contributed by atoms with Crippen LogP contribution in [0.5, 0.6) is 0 Å². The fraction of sp³-hybridized carbons (Fsp3) is 0.727. The Bertz CT molecular complexity index is 446. The zero-order valence-electron chi connectivity index (χ0n) is 10.1. The largest absolute Gasteiger partial charge is 0.393 e. The van der Waals surface area contributed by atoms with Gasteiger partial charge < -0.3 is 15.7 Å². The molecular weight excluding hydrogens is 234 g/mol. The molecule has 7 heteroatoms. The lowest BCUT2D eigenvalue weighted by Gasteiger charge is -2.37. The molecule has 3 rings (SSSR count). The fourth-order valence-corrected chi connectivity index (χ4v) is 3.16. The van der Waals surface area contributed by atoms with E-state index in [-0.39, 0.29) is 36.6 Å². The number of nitrogens with two attached hydrogens (primary N) is 1. The number of anilines is 1. The SMILES string of the molecule is Nc1ncn(CC(=O)N2C3CCC2CC(O)C3)n1. The Morgan fingerprint density at radius 3 is 2.67 bits per heavy atom. The van der Waals surface area contributed by atoms with Crippen molar-refractivity contribution in [1.82, 2.24) is 19.7 Å². The van der Waals surface area contributed by atoms with E-state index in [9.17, 15) is 9.90 Å². The number of nitrogens with zero attached hydrogens (tertiary/aromatic N) is 4. The molecule has 2 atom stereocenters. The molecule has 2 fully saturated rings. The van der Waals surface area contributed by atoms with Crippen LogP contribution in [0.3, 0.4) is 0 Å². The zero-order chi connectivity index (χ0) is 12.7. The van der Waals surface area contributed by atoms with E-state index in [0.717, 1.165) is 12.8 Å². The summed E-state index contributed by atoms with van der Waals surface area (Å²) in [5, 5.41) is 13.6. The van der Waals surface area contributed by atoms with Gasteiger partial charge in [0.2, 0.25) is 11.9 Å². The molecule has 18 heavy (non-hydrogen) atoms. The number of aliphatic hydroxyl groups is 1. The van der Waals surface area contributed by atoms with Gasteiger partial charge in [-0.05, 0) is 25.7 Å². The molecule has 2 unspecified atom stereocenters. The Hall–Kier alpha value is -1.63. The Kier molecular flexibility index (Phi) is 2.70. The highest BCUT2D eigenvalue weighted by Crippen LogP contribution is 2.35. The van der Waals surface area contributed by atoms with Gasteiger partial charge in [-0.1, -0.05) is 0 Å². The monoisotopic (exact) mass is 251 g/mol. The van der Waals surface area contributed by atoms with Gasteiger partial charge in [-0.3, -0.25) is 4.79 Å². The normalized spacial score (nSPS) is 30.7. The number of rotatable bonds is 2. The van der Waals surface area contributed by atoms with Crippen molar-refractivity contribution < 1.29 is 9.90 Å². The molecule has 2 aliphatic rings. The maximum Gasteiger partial charge on any atom is 0.244 e. The van der Waals surface area contributed by atoms with Crippen molar-refractivity contribution in [2.24, 2.45) is 0 Å². The lowest BCUT2D eigenvalue weighted by atomic mass is 10.00.